The van der Waals surface area contributed by atoms with Crippen molar-refractivity contribution in [3.63, 3.8) is 0 Å². The van der Waals surface area contributed by atoms with Crippen molar-refractivity contribution >= 4 is 23.0 Å². The number of ether oxygens (including phenoxy) is 2. The third-order valence-electron chi connectivity index (χ3n) is 2.83. The highest BCUT2D eigenvalue weighted by Gasteiger charge is 2.13. The van der Waals surface area contributed by atoms with Crippen LogP contribution < -0.4 is 10.6 Å². The van der Waals surface area contributed by atoms with E-state index >= 15 is 0 Å². The fraction of sp³-hybridized carbons (Fsp3) is 0.571. The van der Waals surface area contributed by atoms with Crippen molar-refractivity contribution in [1.29, 1.82) is 0 Å². The number of halogens is 2. The molecule has 0 fully saturated rings. The topological polar surface area (TPSA) is 47.7 Å². The second-order valence-electron chi connectivity index (χ2n) is 4.21. The maximum absolute atomic E-state index is 13.6. The number of hydrogen-bond donors (Lipinski definition) is 1. The lowest BCUT2D eigenvalue weighted by molar-refractivity contribution is 0.141. The second kappa shape index (κ2) is 9.00. The van der Waals surface area contributed by atoms with E-state index in [2.05, 4.69) is 0 Å². The summed E-state index contributed by atoms with van der Waals surface area (Å²) < 4.78 is 24.3. The van der Waals surface area contributed by atoms with Gasteiger partial charge in [0.2, 0.25) is 0 Å². The van der Waals surface area contributed by atoms with Gasteiger partial charge >= 0.3 is 0 Å². The summed E-state index contributed by atoms with van der Waals surface area (Å²) in [6.45, 7) is 7.48. The molecule has 1 aromatic rings. The second-order valence-corrected chi connectivity index (χ2v) is 4.61. The predicted molar refractivity (Wildman–Crippen MR) is 81.0 cm³/mol. The van der Waals surface area contributed by atoms with Crippen molar-refractivity contribution < 1.29 is 13.9 Å². The summed E-state index contributed by atoms with van der Waals surface area (Å²) in [6, 6.07) is 2.79. The molecule has 0 spiro atoms. The van der Waals surface area contributed by atoms with Crippen molar-refractivity contribution in [2.24, 2.45) is 0 Å². The van der Waals surface area contributed by atoms with Gasteiger partial charge in [0.1, 0.15) is 5.82 Å². The molecule has 0 saturated carbocycles. The number of benzene rings is 1. The molecule has 0 atom stereocenters. The zero-order chi connectivity index (χ0) is 15.0. The van der Waals surface area contributed by atoms with Gasteiger partial charge in [0.05, 0.1) is 29.6 Å². The fourth-order valence-corrected chi connectivity index (χ4v) is 1.99. The minimum absolute atomic E-state index is 0.0285. The first-order valence-corrected chi connectivity index (χ1v) is 7.12. The van der Waals surface area contributed by atoms with Gasteiger partial charge in [-0.05, 0) is 19.9 Å². The molecule has 1 rings (SSSR count). The van der Waals surface area contributed by atoms with E-state index in [4.69, 9.17) is 26.8 Å². The molecular formula is C14H22ClFN2O2. The first-order valence-electron chi connectivity index (χ1n) is 6.75. The van der Waals surface area contributed by atoms with E-state index in [-0.39, 0.29) is 5.02 Å². The quantitative estimate of drug-likeness (QED) is 0.563. The van der Waals surface area contributed by atoms with Crippen LogP contribution in [0.15, 0.2) is 12.1 Å². The van der Waals surface area contributed by atoms with Gasteiger partial charge in [0.15, 0.2) is 0 Å². The maximum atomic E-state index is 13.6. The minimum atomic E-state index is -0.478. The summed E-state index contributed by atoms with van der Waals surface area (Å²) >= 11 is 5.72. The summed E-state index contributed by atoms with van der Waals surface area (Å²) in [5.74, 6) is -0.478. The normalized spacial score (nSPS) is 10.8. The van der Waals surface area contributed by atoms with Gasteiger partial charge in [-0.25, -0.2) is 4.39 Å². The highest BCUT2D eigenvalue weighted by molar-refractivity contribution is 6.31. The molecule has 0 unspecified atom stereocenters. The van der Waals surface area contributed by atoms with Crippen molar-refractivity contribution in [2.45, 2.75) is 13.8 Å². The predicted octanol–water partition coefficient (Wildman–Crippen LogP) is 2.94. The Hall–Kier alpha value is -1.04. The van der Waals surface area contributed by atoms with E-state index in [1.807, 2.05) is 18.7 Å². The van der Waals surface area contributed by atoms with Crippen LogP contribution in [0, 0.1) is 5.82 Å². The zero-order valence-corrected chi connectivity index (χ0v) is 12.8. The number of nitrogens with two attached hydrogens (primary N) is 1. The van der Waals surface area contributed by atoms with Crippen LogP contribution in [-0.4, -0.2) is 39.5 Å². The number of hydrogen-bond acceptors (Lipinski definition) is 4. The van der Waals surface area contributed by atoms with Crippen molar-refractivity contribution in [1.82, 2.24) is 0 Å². The highest BCUT2D eigenvalue weighted by Crippen LogP contribution is 2.29. The minimum Gasteiger partial charge on any atom is -0.397 e. The first kappa shape index (κ1) is 17.0. The van der Waals surface area contributed by atoms with Crippen molar-refractivity contribution in [2.75, 3.05) is 50.2 Å². The van der Waals surface area contributed by atoms with Crippen LogP contribution in [0.1, 0.15) is 13.8 Å². The first-order chi connectivity index (χ1) is 9.60. The molecular weight excluding hydrogens is 283 g/mol. The van der Waals surface area contributed by atoms with E-state index < -0.39 is 5.82 Å². The summed E-state index contributed by atoms with van der Waals surface area (Å²) in [7, 11) is 0. The summed E-state index contributed by atoms with van der Waals surface area (Å²) in [4.78, 5) is 1.94. The zero-order valence-electron chi connectivity index (χ0n) is 12.0. The molecule has 20 heavy (non-hydrogen) atoms. The molecule has 0 saturated heterocycles. The fourth-order valence-electron chi connectivity index (χ4n) is 1.82. The Balaban J connectivity index is 2.81. The van der Waals surface area contributed by atoms with Gasteiger partial charge in [-0.1, -0.05) is 11.6 Å². The average Bonchev–Trinajstić information content (AvgIpc) is 2.42. The number of rotatable bonds is 9. The van der Waals surface area contributed by atoms with Gasteiger partial charge in [0.25, 0.3) is 0 Å². The van der Waals surface area contributed by atoms with E-state index in [1.54, 1.807) is 0 Å². The van der Waals surface area contributed by atoms with E-state index in [9.17, 15) is 4.39 Å². The molecule has 0 aliphatic rings. The van der Waals surface area contributed by atoms with Gasteiger partial charge in [-0.2, -0.15) is 0 Å². The van der Waals surface area contributed by atoms with Gasteiger partial charge in [0, 0.05) is 32.4 Å². The Kier molecular flexibility index (Phi) is 7.65. The Labute approximate surface area is 124 Å². The molecule has 2 N–H and O–H groups in total. The molecule has 6 heteroatoms. The lowest BCUT2D eigenvalue weighted by Crippen LogP contribution is -2.31. The molecule has 0 aromatic heterocycles. The van der Waals surface area contributed by atoms with Gasteiger partial charge in [-0.3, -0.25) is 0 Å². The molecule has 0 amide bonds. The van der Waals surface area contributed by atoms with Crippen molar-refractivity contribution in [3.05, 3.63) is 23.0 Å². The van der Waals surface area contributed by atoms with Gasteiger partial charge in [-0.15, -0.1) is 0 Å². The number of nitrogen functional groups attached to an aromatic ring is 1. The molecule has 1 aromatic carbocycles. The largest absolute Gasteiger partial charge is 0.397 e. The molecule has 0 aliphatic carbocycles. The monoisotopic (exact) mass is 304 g/mol. The van der Waals surface area contributed by atoms with Crippen LogP contribution in [0.2, 0.25) is 5.02 Å². The lowest BCUT2D eigenvalue weighted by Gasteiger charge is -2.26. The van der Waals surface area contributed by atoms with E-state index in [0.717, 1.165) is 0 Å². The van der Waals surface area contributed by atoms with Crippen LogP contribution in [0.4, 0.5) is 15.8 Å². The number of nitrogens with zero attached hydrogens (tertiary/aromatic N) is 1. The lowest BCUT2D eigenvalue weighted by atomic mass is 10.2. The van der Waals surface area contributed by atoms with E-state index in [0.29, 0.717) is 50.9 Å². The standard InChI is InChI=1S/C14H22ClFN2O2/c1-3-19-7-5-18(6-8-20-4-2)14-10-12(16)11(15)9-13(14)17/h9-10H,3-8,17H2,1-2H3. The van der Waals surface area contributed by atoms with Crippen LogP contribution in [0.5, 0.6) is 0 Å². The summed E-state index contributed by atoms with van der Waals surface area (Å²) in [5, 5.41) is 0.0285. The van der Waals surface area contributed by atoms with Crippen LogP contribution in [0.25, 0.3) is 0 Å². The molecule has 4 nitrogen and oxygen atoms in total. The average molecular weight is 305 g/mol. The van der Waals surface area contributed by atoms with Crippen molar-refractivity contribution in [3.8, 4) is 0 Å². The Morgan fingerprint density at radius 1 is 1.15 bits per heavy atom. The third-order valence-corrected chi connectivity index (χ3v) is 3.12. The summed E-state index contributed by atoms with van der Waals surface area (Å²) in [6.07, 6.45) is 0. The molecule has 0 heterocycles. The highest BCUT2D eigenvalue weighted by atomic mass is 35.5. The van der Waals surface area contributed by atoms with E-state index in [1.165, 1.54) is 12.1 Å². The van der Waals surface area contributed by atoms with Crippen LogP contribution in [-0.2, 0) is 9.47 Å². The third kappa shape index (κ3) is 5.15. The molecule has 114 valence electrons. The smallest absolute Gasteiger partial charge is 0.144 e. The Morgan fingerprint density at radius 3 is 2.20 bits per heavy atom. The summed E-state index contributed by atoms with van der Waals surface area (Å²) in [5.41, 5.74) is 6.99. The van der Waals surface area contributed by atoms with Crippen LogP contribution >= 0.6 is 11.6 Å². The number of anilines is 2. The maximum Gasteiger partial charge on any atom is 0.144 e. The SMILES string of the molecule is CCOCCN(CCOCC)c1cc(F)c(Cl)cc1N. The van der Waals surface area contributed by atoms with Gasteiger partial charge < -0.3 is 20.1 Å². The Morgan fingerprint density at radius 2 is 1.70 bits per heavy atom. The molecule has 0 aliphatic heterocycles. The molecule has 0 bridgehead atoms. The molecule has 0 radical (unpaired) electrons. The van der Waals surface area contributed by atoms with Crippen LogP contribution in [0.3, 0.4) is 0 Å². The Bertz CT molecular complexity index is 408.